The van der Waals surface area contributed by atoms with E-state index in [0.717, 1.165) is 35.7 Å². The molecule has 2 fully saturated rings. The SMILES string of the molecule is CC[C@H](Nc1cc(C(F)F)c(-c2sc(C(=O)NC3CN(S(C)(=O)=O)C3)nc2C(=O)N2CCC[C@@H]2C)cn1)C(F)(F)F. The number of sulfonamides is 1. The van der Waals surface area contributed by atoms with Crippen LogP contribution in [0.4, 0.5) is 27.8 Å². The van der Waals surface area contributed by atoms with Crippen LogP contribution in [0, 0.1) is 0 Å². The van der Waals surface area contributed by atoms with Crippen molar-refractivity contribution in [3.63, 3.8) is 0 Å². The Kier molecular flexibility index (Phi) is 8.90. The standard InChI is InChI=1S/C24H29F5N6O4S2/c1-4-16(24(27,28)29)32-17-8-14(20(25)26)15(9-30-17)19-18(23(37)35-7-5-6-12(35)2)33-22(40-19)21(36)31-13-10-34(11-13)41(3,38)39/h8-9,12-13,16,20H,4-7,10-11H2,1-3H3,(H,30,32)(H,31,36)/t12-,16-/m0/s1. The average Bonchev–Trinajstić information content (AvgIpc) is 3.49. The smallest absolute Gasteiger partial charge is 0.359 e. The number of halogens is 5. The van der Waals surface area contributed by atoms with E-state index in [1.165, 1.54) is 11.8 Å². The molecule has 0 radical (unpaired) electrons. The van der Waals surface area contributed by atoms with E-state index in [4.69, 9.17) is 0 Å². The first-order valence-electron chi connectivity index (χ1n) is 12.8. The number of carbonyl (C=O) groups is 2. The number of pyridine rings is 1. The molecule has 2 aromatic heterocycles. The maximum atomic E-state index is 14.2. The summed E-state index contributed by atoms with van der Waals surface area (Å²) in [6, 6.07) is -1.87. The Morgan fingerprint density at radius 3 is 2.46 bits per heavy atom. The lowest BCUT2D eigenvalue weighted by atomic mass is 10.1. The van der Waals surface area contributed by atoms with Gasteiger partial charge < -0.3 is 15.5 Å². The molecular formula is C24H29F5N6O4S2. The summed E-state index contributed by atoms with van der Waals surface area (Å²) in [7, 11) is -3.42. The van der Waals surface area contributed by atoms with Crippen LogP contribution in [0.15, 0.2) is 12.3 Å². The molecule has 2 N–H and O–H groups in total. The van der Waals surface area contributed by atoms with Gasteiger partial charge in [-0.1, -0.05) is 6.92 Å². The number of amides is 2. The van der Waals surface area contributed by atoms with Crippen molar-refractivity contribution in [1.82, 2.24) is 24.5 Å². The zero-order chi connectivity index (χ0) is 30.3. The lowest BCUT2D eigenvalue weighted by Gasteiger charge is -2.37. The van der Waals surface area contributed by atoms with Gasteiger partial charge in [-0.3, -0.25) is 9.59 Å². The molecule has 17 heteroatoms. The molecule has 0 unspecified atom stereocenters. The van der Waals surface area contributed by atoms with Gasteiger partial charge in [0.1, 0.15) is 17.6 Å². The van der Waals surface area contributed by atoms with Crippen LogP contribution in [-0.4, -0.2) is 89.6 Å². The number of thiazole rings is 1. The predicted molar refractivity (Wildman–Crippen MR) is 141 cm³/mol. The van der Waals surface area contributed by atoms with Crippen molar-refractivity contribution in [2.24, 2.45) is 0 Å². The van der Waals surface area contributed by atoms with Crippen LogP contribution in [0.2, 0.25) is 0 Å². The fourth-order valence-electron chi connectivity index (χ4n) is 4.68. The third-order valence-electron chi connectivity index (χ3n) is 7.03. The molecule has 2 aliphatic heterocycles. The van der Waals surface area contributed by atoms with Gasteiger partial charge in [0.2, 0.25) is 10.0 Å². The van der Waals surface area contributed by atoms with Crippen LogP contribution in [-0.2, 0) is 10.0 Å². The Labute approximate surface area is 237 Å². The van der Waals surface area contributed by atoms with Crippen LogP contribution in [0.25, 0.3) is 10.4 Å². The van der Waals surface area contributed by atoms with Crippen molar-refractivity contribution in [2.45, 2.75) is 63.8 Å². The Hall–Kier alpha value is -2.92. The average molecular weight is 625 g/mol. The Bertz CT molecular complexity index is 1410. The molecule has 0 aliphatic carbocycles. The van der Waals surface area contributed by atoms with Crippen LogP contribution in [0.3, 0.4) is 0 Å². The number of alkyl halides is 5. The van der Waals surface area contributed by atoms with Crippen LogP contribution >= 0.6 is 11.3 Å². The van der Waals surface area contributed by atoms with Crippen LogP contribution < -0.4 is 10.6 Å². The second kappa shape index (κ2) is 11.8. The molecule has 2 amide bonds. The second-order valence-electron chi connectivity index (χ2n) is 10.0. The summed E-state index contributed by atoms with van der Waals surface area (Å²) in [5.41, 5.74) is -1.16. The van der Waals surface area contributed by atoms with Gasteiger partial charge >= 0.3 is 6.18 Å². The summed E-state index contributed by atoms with van der Waals surface area (Å²) in [5, 5.41) is 4.56. The molecule has 41 heavy (non-hydrogen) atoms. The fourth-order valence-corrected chi connectivity index (χ4v) is 6.57. The second-order valence-corrected chi connectivity index (χ2v) is 13.0. The summed E-state index contributed by atoms with van der Waals surface area (Å²) in [4.78, 5) is 36.1. The van der Waals surface area contributed by atoms with E-state index >= 15 is 0 Å². The predicted octanol–water partition coefficient (Wildman–Crippen LogP) is 3.89. The molecule has 4 rings (SSSR count). The van der Waals surface area contributed by atoms with Crippen LogP contribution in [0.5, 0.6) is 0 Å². The maximum Gasteiger partial charge on any atom is 0.408 e. The number of hydrogen-bond acceptors (Lipinski definition) is 8. The number of likely N-dealkylation sites (tertiary alicyclic amines) is 1. The van der Waals surface area contributed by atoms with Gasteiger partial charge in [-0.05, 0) is 32.3 Å². The summed E-state index contributed by atoms with van der Waals surface area (Å²) >= 11 is 0.676. The van der Waals surface area contributed by atoms with Gasteiger partial charge in [0, 0.05) is 43.0 Å². The molecule has 0 saturated carbocycles. The Morgan fingerprint density at radius 1 is 1.24 bits per heavy atom. The lowest BCUT2D eigenvalue weighted by Crippen LogP contribution is -2.60. The fraction of sp³-hybridized carbons (Fsp3) is 0.583. The molecule has 2 atom stereocenters. The van der Waals surface area contributed by atoms with Gasteiger partial charge in [0.25, 0.3) is 18.2 Å². The van der Waals surface area contributed by atoms with E-state index in [2.05, 4.69) is 20.6 Å². The van der Waals surface area contributed by atoms with Crippen molar-refractivity contribution in [3.05, 3.63) is 28.5 Å². The first-order chi connectivity index (χ1) is 19.1. The minimum absolute atomic E-state index is 0.0461. The third-order valence-corrected chi connectivity index (χ3v) is 9.35. The molecule has 4 heterocycles. The summed E-state index contributed by atoms with van der Waals surface area (Å²) in [6.07, 6.45) is -4.72. The summed E-state index contributed by atoms with van der Waals surface area (Å²) in [6.45, 7) is 3.61. The van der Waals surface area contributed by atoms with E-state index in [1.807, 2.05) is 6.92 Å². The largest absolute Gasteiger partial charge is 0.408 e. The number of anilines is 1. The van der Waals surface area contributed by atoms with E-state index < -0.39 is 57.9 Å². The van der Waals surface area contributed by atoms with E-state index in [9.17, 15) is 40.0 Å². The monoisotopic (exact) mass is 624 g/mol. The highest BCUT2D eigenvalue weighted by molar-refractivity contribution is 7.88. The molecule has 0 bridgehead atoms. The Balaban J connectivity index is 1.70. The van der Waals surface area contributed by atoms with Crippen molar-refractivity contribution in [2.75, 3.05) is 31.2 Å². The molecular weight excluding hydrogens is 595 g/mol. The third kappa shape index (κ3) is 6.77. The topological polar surface area (TPSA) is 125 Å². The van der Waals surface area contributed by atoms with Crippen molar-refractivity contribution in [1.29, 1.82) is 0 Å². The van der Waals surface area contributed by atoms with Gasteiger partial charge in [-0.15, -0.1) is 11.3 Å². The molecule has 10 nitrogen and oxygen atoms in total. The highest BCUT2D eigenvalue weighted by atomic mass is 32.2. The van der Waals surface area contributed by atoms with Gasteiger partial charge in [0.05, 0.1) is 17.2 Å². The highest BCUT2D eigenvalue weighted by Gasteiger charge is 2.39. The number of hydrogen-bond donors (Lipinski definition) is 2. The lowest BCUT2D eigenvalue weighted by molar-refractivity contribution is -0.142. The molecule has 2 aromatic rings. The van der Waals surface area contributed by atoms with Crippen molar-refractivity contribution >= 4 is 39.0 Å². The summed E-state index contributed by atoms with van der Waals surface area (Å²) in [5.74, 6) is -1.71. The Morgan fingerprint density at radius 2 is 1.93 bits per heavy atom. The minimum atomic E-state index is -4.63. The van der Waals surface area contributed by atoms with E-state index in [0.29, 0.717) is 17.9 Å². The highest BCUT2D eigenvalue weighted by Crippen LogP contribution is 2.39. The number of aromatic nitrogens is 2. The zero-order valence-corrected chi connectivity index (χ0v) is 24.0. The van der Waals surface area contributed by atoms with Crippen LogP contribution in [0.1, 0.15) is 65.4 Å². The molecule has 0 spiro atoms. The first kappa shape index (κ1) is 31.0. The maximum absolute atomic E-state index is 14.2. The number of carbonyl (C=O) groups excluding carboxylic acids is 2. The van der Waals surface area contributed by atoms with E-state index in [1.54, 1.807) is 0 Å². The summed E-state index contributed by atoms with van der Waals surface area (Å²) < 4.78 is 92.6. The van der Waals surface area contributed by atoms with Gasteiger partial charge in [-0.2, -0.15) is 17.5 Å². The van der Waals surface area contributed by atoms with E-state index in [-0.39, 0.29) is 46.7 Å². The normalized spacial score (nSPS) is 19.3. The number of rotatable bonds is 9. The van der Waals surface area contributed by atoms with Gasteiger partial charge in [-0.25, -0.2) is 27.2 Å². The minimum Gasteiger partial charge on any atom is -0.359 e. The van der Waals surface area contributed by atoms with Crippen molar-refractivity contribution in [3.8, 4) is 10.4 Å². The zero-order valence-electron chi connectivity index (χ0n) is 22.3. The van der Waals surface area contributed by atoms with Gasteiger partial charge in [0.15, 0.2) is 5.01 Å². The molecule has 226 valence electrons. The number of nitrogens with zero attached hydrogens (tertiary/aromatic N) is 4. The van der Waals surface area contributed by atoms with Crippen molar-refractivity contribution < 1.29 is 40.0 Å². The first-order valence-corrected chi connectivity index (χ1v) is 15.5. The molecule has 0 aromatic carbocycles. The molecule has 2 aliphatic rings. The molecule has 2 saturated heterocycles. The quantitative estimate of drug-likeness (QED) is 0.406. The number of nitrogens with one attached hydrogen (secondary N) is 2.